The second kappa shape index (κ2) is 5.23. The summed E-state index contributed by atoms with van der Waals surface area (Å²) in [4.78, 5) is 11.8. The number of nitrogens with zero attached hydrogens (tertiary/aromatic N) is 3. The first-order chi connectivity index (χ1) is 7.63. The van der Waals surface area contributed by atoms with Crippen molar-refractivity contribution >= 4 is 34.3 Å². The van der Waals surface area contributed by atoms with Crippen LogP contribution < -0.4 is 0 Å². The third-order valence-electron chi connectivity index (χ3n) is 2.05. The lowest BCUT2D eigenvalue weighted by Gasteiger charge is -2.13. The zero-order valence-corrected chi connectivity index (χ0v) is 11.5. The van der Waals surface area contributed by atoms with Crippen LogP contribution in [0, 0.1) is 6.92 Å². The minimum Gasteiger partial charge on any atom is -0.295 e. The van der Waals surface area contributed by atoms with E-state index in [1.165, 1.54) is 16.2 Å². The molecule has 0 aromatic carbocycles. The Hall–Kier alpha value is -0.490. The summed E-state index contributed by atoms with van der Waals surface area (Å²) < 4.78 is 0.605. The van der Waals surface area contributed by atoms with E-state index in [1.54, 1.807) is 11.3 Å². The van der Waals surface area contributed by atoms with Gasteiger partial charge >= 0.3 is 0 Å². The first-order valence-electron chi connectivity index (χ1n) is 4.83. The van der Waals surface area contributed by atoms with Gasteiger partial charge in [-0.2, -0.15) is 0 Å². The van der Waals surface area contributed by atoms with Crippen LogP contribution in [-0.2, 0) is 13.1 Å². The third kappa shape index (κ3) is 3.25. The Morgan fingerprint density at radius 3 is 2.81 bits per heavy atom. The molecule has 0 radical (unpaired) electrons. The summed E-state index contributed by atoms with van der Waals surface area (Å²) in [6.45, 7) is 3.75. The summed E-state index contributed by atoms with van der Waals surface area (Å²) in [5.41, 5.74) is 1.13. The molecule has 0 saturated carbocycles. The van der Waals surface area contributed by atoms with Crippen molar-refractivity contribution in [1.29, 1.82) is 0 Å². The van der Waals surface area contributed by atoms with Crippen LogP contribution in [0.1, 0.15) is 15.6 Å². The van der Waals surface area contributed by atoms with Crippen molar-refractivity contribution in [3.8, 4) is 0 Å². The summed E-state index contributed by atoms with van der Waals surface area (Å²) >= 11 is 9.00. The fourth-order valence-electron chi connectivity index (χ4n) is 1.44. The molecule has 16 heavy (non-hydrogen) atoms. The van der Waals surface area contributed by atoms with Crippen molar-refractivity contribution in [3.63, 3.8) is 0 Å². The monoisotopic (exact) mass is 273 g/mol. The Balaban J connectivity index is 1.91. The Morgan fingerprint density at radius 2 is 2.25 bits per heavy atom. The number of rotatable bonds is 4. The van der Waals surface area contributed by atoms with Gasteiger partial charge in [0.05, 0.1) is 10.7 Å². The van der Waals surface area contributed by atoms with E-state index in [0.717, 1.165) is 23.8 Å². The number of halogens is 1. The van der Waals surface area contributed by atoms with Crippen molar-refractivity contribution in [3.05, 3.63) is 31.6 Å². The summed E-state index contributed by atoms with van der Waals surface area (Å²) in [6.07, 6.45) is 1.83. The van der Waals surface area contributed by atoms with E-state index in [1.807, 2.05) is 13.1 Å². The molecule has 0 atom stereocenters. The number of aryl methyl sites for hydroxylation is 1. The molecule has 0 unspecified atom stereocenters. The van der Waals surface area contributed by atoms with Crippen molar-refractivity contribution in [1.82, 2.24) is 14.9 Å². The van der Waals surface area contributed by atoms with Crippen molar-refractivity contribution < 1.29 is 0 Å². The molecule has 0 aliphatic rings. The molecule has 3 nitrogen and oxygen atoms in total. The largest absolute Gasteiger partial charge is 0.295 e. The number of hydrogen-bond donors (Lipinski definition) is 0. The van der Waals surface area contributed by atoms with Crippen molar-refractivity contribution in [2.45, 2.75) is 20.0 Å². The minimum atomic E-state index is 0.605. The Morgan fingerprint density at radius 1 is 1.44 bits per heavy atom. The smallest absolute Gasteiger partial charge is 0.183 e. The van der Waals surface area contributed by atoms with Crippen molar-refractivity contribution in [2.24, 2.45) is 0 Å². The Bertz CT molecular complexity index is 424. The van der Waals surface area contributed by atoms with Gasteiger partial charge in [-0.25, -0.2) is 9.97 Å². The van der Waals surface area contributed by atoms with Crippen LogP contribution in [0.15, 0.2) is 11.6 Å². The normalized spacial score (nSPS) is 11.2. The topological polar surface area (TPSA) is 29.0 Å². The average molecular weight is 274 g/mol. The van der Waals surface area contributed by atoms with E-state index < -0.39 is 0 Å². The minimum absolute atomic E-state index is 0.605. The number of thiazole rings is 2. The molecule has 0 aliphatic heterocycles. The lowest BCUT2D eigenvalue weighted by molar-refractivity contribution is 0.318. The van der Waals surface area contributed by atoms with Gasteiger partial charge in [-0.3, -0.25) is 4.90 Å². The molecule has 0 aliphatic carbocycles. The average Bonchev–Trinajstić information content (AvgIpc) is 2.76. The van der Waals surface area contributed by atoms with Crippen LogP contribution in [0.5, 0.6) is 0 Å². The summed E-state index contributed by atoms with van der Waals surface area (Å²) in [7, 11) is 2.07. The van der Waals surface area contributed by atoms with Gasteiger partial charge in [0.1, 0.15) is 0 Å². The Labute approximate surface area is 108 Å². The van der Waals surface area contributed by atoms with Crippen LogP contribution in [0.25, 0.3) is 0 Å². The number of hydrogen-bond acceptors (Lipinski definition) is 5. The molecular formula is C10H12ClN3S2. The van der Waals surface area contributed by atoms with Gasteiger partial charge in [-0.1, -0.05) is 11.6 Å². The van der Waals surface area contributed by atoms with Gasteiger partial charge in [-0.15, -0.1) is 22.7 Å². The molecule has 0 saturated heterocycles. The molecule has 0 N–H and O–H groups in total. The zero-order chi connectivity index (χ0) is 11.5. The molecule has 2 aromatic rings. The molecule has 86 valence electrons. The van der Waals surface area contributed by atoms with Gasteiger partial charge < -0.3 is 0 Å². The third-order valence-corrected chi connectivity index (χ3v) is 3.97. The van der Waals surface area contributed by atoms with E-state index in [4.69, 9.17) is 11.6 Å². The lowest BCUT2D eigenvalue weighted by Crippen LogP contribution is -2.16. The first-order valence-corrected chi connectivity index (χ1v) is 6.90. The first kappa shape index (κ1) is 12.0. The maximum absolute atomic E-state index is 5.79. The second-order valence-corrected chi connectivity index (χ2v) is 6.37. The van der Waals surface area contributed by atoms with Gasteiger partial charge in [0.2, 0.25) is 0 Å². The zero-order valence-electron chi connectivity index (χ0n) is 9.11. The highest BCUT2D eigenvalue weighted by Gasteiger charge is 2.06. The fourth-order valence-corrected chi connectivity index (χ4v) is 3.10. The van der Waals surface area contributed by atoms with E-state index in [-0.39, 0.29) is 0 Å². The number of aromatic nitrogens is 2. The van der Waals surface area contributed by atoms with Gasteiger partial charge in [0.25, 0.3) is 0 Å². The predicted molar refractivity (Wildman–Crippen MR) is 69.1 cm³/mol. The van der Waals surface area contributed by atoms with E-state index in [2.05, 4.69) is 27.3 Å². The molecule has 6 heteroatoms. The van der Waals surface area contributed by atoms with E-state index in [9.17, 15) is 0 Å². The van der Waals surface area contributed by atoms with Crippen LogP contribution in [0.2, 0.25) is 4.47 Å². The molecule has 0 bridgehead atoms. The van der Waals surface area contributed by atoms with Crippen LogP contribution in [-0.4, -0.2) is 21.9 Å². The quantitative estimate of drug-likeness (QED) is 0.857. The molecule has 0 fully saturated rings. The van der Waals surface area contributed by atoms with Crippen LogP contribution >= 0.6 is 34.3 Å². The fraction of sp³-hybridized carbons (Fsp3) is 0.400. The standard InChI is InChI=1S/C10H12ClN3S2/c1-7-13-8(6-15-7)4-14(2)5-9-3-12-10(11)16-9/h3,6H,4-5H2,1-2H3. The summed E-state index contributed by atoms with van der Waals surface area (Å²) in [6, 6.07) is 0. The highest BCUT2D eigenvalue weighted by Crippen LogP contribution is 2.19. The maximum Gasteiger partial charge on any atom is 0.183 e. The highest BCUT2D eigenvalue weighted by atomic mass is 35.5. The second-order valence-electron chi connectivity index (χ2n) is 3.61. The predicted octanol–water partition coefficient (Wildman–Crippen LogP) is 3.19. The van der Waals surface area contributed by atoms with Crippen molar-refractivity contribution in [2.75, 3.05) is 7.05 Å². The van der Waals surface area contributed by atoms with E-state index in [0.29, 0.717) is 4.47 Å². The molecule has 2 aromatic heterocycles. The van der Waals surface area contributed by atoms with Gasteiger partial charge in [0, 0.05) is 29.5 Å². The molecular weight excluding hydrogens is 262 g/mol. The van der Waals surface area contributed by atoms with Crippen LogP contribution in [0.3, 0.4) is 0 Å². The Kier molecular flexibility index (Phi) is 3.91. The maximum atomic E-state index is 5.79. The lowest BCUT2D eigenvalue weighted by atomic mass is 10.4. The molecule has 0 spiro atoms. The molecule has 2 heterocycles. The summed E-state index contributed by atoms with van der Waals surface area (Å²) in [5, 5.41) is 3.22. The summed E-state index contributed by atoms with van der Waals surface area (Å²) in [5.74, 6) is 0. The van der Waals surface area contributed by atoms with E-state index >= 15 is 0 Å². The SMILES string of the molecule is Cc1nc(CN(C)Cc2cnc(Cl)s2)cs1. The molecule has 0 amide bonds. The van der Waals surface area contributed by atoms with Crippen LogP contribution in [0.4, 0.5) is 0 Å². The van der Waals surface area contributed by atoms with Gasteiger partial charge in [-0.05, 0) is 14.0 Å². The highest BCUT2D eigenvalue weighted by molar-refractivity contribution is 7.15. The molecule has 2 rings (SSSR count). The van der Waals surface area contributed by atoms with Gasteiger partial charge in [0.15, 0.2) is 4.47 Å².